The van der Waals surface area contributed by atoms with Crippen molar-refractivity contribution in [2.75, 3.05) is 0 Å². The highest BCUT2D eigenvalue weighted by Crippen LogP contribution is 2.48. The monoisotopic (exact) mass is 295 g/mol. The molecule has 0 spiro atoms. The summed E-state index contributed by atoms with van der Waals surface area (Å²) in [6.07, 6.45) is 3.45. The number of carbonyl (C=O) groups excluding carboxylic acids is 3. The fourth-order valence-electron chi connectivity index (χ4n) is 3.36. The summed E-state index contributed by atoms with van der Waals surface area (Å²) in [6, 6.07) is 8.73. The van der Waals surface area contributed by atoms with Crippen molar-refractivity contribution in [3.63, 3.8) is 0 Å². The molecule has 2 rings (SSSR count). The second kappa shape index (κ2) is 6.07. The van der Waals surface area contributed by atoms with Crippen LogP contribution in [0.4, 0.5) is 0 Å². The number of benzene rings is 1. The maximum Gasteiger partial charge on any atom is 0.146 e. The first-order valence-electron chi connectivity index (χ1n) is 7.14. The highest BCUT2D eigenvalue weighted by Gasteiger charge is 2.50. The molecule has 0 bridgehead atoms. The molecule has 0 unspecified atom stereocenters. The smallest absolute Gasteiger partial charge is 0.146 e. The van der Waals surface area contributed by atoms with Crippen molar-refractivity contribution in [1.82, 2.24) is 0 Å². The van der Waals surface area contributed by atoms with Crippen molar-refractivity contribution in [3.05, 3.63) is 47.0 Å². The Labute approximate surface area is 129 Å². The van der Waals surface area contributed by atoms with Crippen molar-refractivity contribution in [2.45, 2.75) is 32.6 Å². The third-order valence-corrected chi connectivity index (χ3v) is 4.51. The van der Waals surface area contributed by atoms with Gasteiger partial charge >= 0.3 is 0 Å². The summed E-state index contributed by atoms with van der Waals surface area (Å²) >= 11 is 0. The molecule has 0 amide bonds. The average Bonchev–Trinajstić information content (AvgIpc) is 2.53. The number of nitriles is 1. The van der Waals surface area contributed by atoms with Gasteiger partial charge in [0.15, 0.2) is 0 Å². The van der Waals surface area contributed by atoms with E-state index in [0.29, 0.717) is 29.5 Å². The lowest BCUT2D eigenvalue weighted by molar-refractivity contribution is -0.140. The van der Waals surface area contributed by atoms with E-state index in [4.69, 9.17) is 5.26 Å². The van der Waals surface area contributed by atoms with E-state index in [9.17, 15) is 14.4 Å². The van der Waals surface area contributed by atoms with Gasteiger partial charge < -0.3 is 0 Å². The van der Waals surface area contributed by atoms with Gasteiger partial charge in [-0.2, -0.15) is 5.26 Å². The van der Waals surface area contributed by atoms with Gasteiger partial charge in [0, 0.05) is 5.92 Å². The summed E-state index contributed by atoms with van der Waals surface area (Å²) in [7, 11) is 0. The van der Waals surface area contributed by atoms with Crippen LogP contribution in [-0.4, -0.2) is 17.9 Å². The number of hydrogen-bond acceptors (Lipinski definition) is 4. The summed E-state index contributed by atoms with van der Waals surface area (Å²) in [5.74, 6) is -1.02. The van der Waals surface area contributed by atoms with E-state index >= 15 is 0 Å². The minimum absolute atomic E-state index is 0.221. The molecular formula is C18H17NO3. The molecule has 0 aliphatic heterocycles. The Morgan fingerprint density at radius 1 is 1.23 bits per heavy atom. The molecule has 1 aliphatic rings. The Morgan fingerprint density at radius 3 is 2.27 bits per heavy atom. The van der Waals surface area contributed by atoms with Crippen LogP contribution in [0.15, 0.2) is 35.9 Å². The second-order valence-electron chi connectivity index (χ2n) is 5.61. The first kappa shape index (κ1) is 15.8. The van der Waals surface area contributed by atoms with Crippen molar-refractivity contribution in [3.8, 4) is 6.07 Å². The predicted octanol–water partition coefficient (Wildman–Crippen LogP) is 2.73. The molecule has 0 radical (unpaired) electrons. The quantitative estimate of drug-likeness (QED) is 0.632. The molecule has 112 valence electrons. The summed E-state index contributed by atoms with van der Waals surface area (Å²) < 4.78 is 0. The number of ketones is 2. The van der Waals surface area contributed by atoms with Crippen LogP contribution in [0, 0.1) is 16.7 Å². The highest BCUT2D eigenvalue weighted by molar-refractivity contribution is 6.07. The van der Waals surface area contributed by atoms with Gasteiger partial charge in [-0.3, -0.25) is 14.4 Å². The van der Waals surface area contributed by atoms with Gasteiger partial charge in [-0.05, 0) is 50.0 Å². The fraction of sp³-hybridized carbons (Fsp3) is 0.333. The third-order valence-electron chi connectivity index (χ3n) is 4.51. The normalized spacial score (nSPS) is 19.7. The zero-order valence-electron chi connectivity index (χ0n) is 12.6. The number of Topliss-reactive ketones (excluding diaryl/α,β-unsaturated/α-hetero) is 2. The maximum atomic E-state index is 12.3. The van der Waals surface area contributed by atoms with Crippen LogP contribution in [-0.2, 0) is 14.4 Å². The molecule has 22 heavy (non-hydrogen) atoms. The molecule has 1 aliphatic carbocycles. The van der Waals surface area contributed by atoms with Crippen molar-refractivity contribution in [2.24, 2.45) is 5.41 Å². The maximum absolute atomic E-state index is 12.3. The Hall–Kier alpha value is -2.54. The fourth-order valence-corrected chi connectivity index (χ4v) is 3.36. The molecule has 4 nitrogen and oxygen atoms in total. The number of nitrogens with zero attached hydrogens (tertiary/aromatic N) is 1. The molecule has 0 heterocycles. The number of hydrogen-bond donors (Lipinski definition) is 0. The van der Waals surface area contributed by atoms with Crippen LogP contribution < -0.4 is 0 Å². The Morgan fingerprint density at radius 2 is 1.82 bits per heavy atom. The summed E-state index contributed by atoms with van der Waals surface area (Å²) in [4.78, 5) is 36.1. The van der Waals surface area contributed by atoms with Crippen molar-refractivity contribution < 1.29 is 14.4 Å². The number of aldehydes is 1. The molecule has 0 fully saturated rings. The van der Waals surface area contributed by atoms with Gasteiger partial charge in [0.05, 0.1) is 17.0 Å². The van der Waals surface area contributed by atoms with E-state index in [-0.39, 0.29) is 11.6 Å². The lowest BCUT2D eigenvalue weighted by Gasteiger charge is -2.40. The minimum atomic E-state index is -1.20. The molecule has 0 N–H and O–H groups in total. The van der Waals surface area contributed by atoms with E-state index in [0.717, 1.165) is 6.29 Å². The van der Waals surface area contributed by atoms with Crippen LogP contribution in [0.1, 0.15) is 43.7 Å². The van der Waals surface area contributed by atoms with Crippen LogP contribution in [0.2, 0.25) is 0 Å². The SMILES string of the molecule is CC(=O)C1(C(C)=O)CCC=C(C=O)[C@H]1c1ccc(C#N)cc1. The first-order valence-corrected chi connectivity index (χ1v) is 7.14. The highest BCUT2D eigenvalue weighted by atomic mass is 16.2. The van der Waals surface area contributed by atoms with E-state index < -0.39 is 11.3 Å². The van der Waals surface area contributed by atoms with E-state index in [1.165, 1.54) is 13.8 Å². The second-order valence-corrected chi connectivity index (χ2v) is 5.61. The van der Waals surface area contributed by atoms with Crippen molar-refractivity contribution >= 4 is 17.9 Å². The van der Waals surface area contributed by atoms with E-state index in [2.05, 4.69) is 0 Å². The summed E-state index contributed by atoms with van der Waals surface area (Å²) in [5.41, 5.74) is 0.468. The third kappa shape index (κ3) is 2.39. The lowest BCUT2D eigenvalue weighted by atomic mass is 9.59. The average molecular weight is 295 g/mol. The Kier molecular flexibility index (Phi) is 4.37. The van der Waals surface area contributed by atoms with Crippen molar-refractivity contribution in [1.29, 1.82) is 5.26 Å². The summed E-state index contributed by atoms with van der Waals surface area (Å²) in [5, 5.41) is 8.89. The lowest BCUT2D eigenvalue weighted by Crippen LogP contribution is -2.44. The Bertz CT molecular complexity index is 678. The van der Waals surface area contributed by atoms with Gasteiger partial charge in [-0.1, -0.05) is 18.2 Å². The minimum Gasteiger partial charge on any atom is -0.299 e. The van der Waals surface area contributed by atoms with Crippen LogP contribution >= 0.6 is 0 Å². The standard InChI is InChI=1S/C18H17NO3/c1-12(21)18(13(2)22)9-3-4-16(11-20)17(18)15-7-5-14(10-19)6-8-15/h4-8,11,17H,3,9H2,1-2H3/t17-/m1/s1. The van der Waals surface area contributed by atoms with Crippen LogP contribution in [0.5, 0.6) is 0 Å². The zero-order chi connectivity index (χ0) is 16.3. The molecule has 1 aromatic rings. The predicted molar refractivity (Wildman–Crippen MR) is 81.1 cm³/mol. The molecule has 0 aromatic heterocycles. The molecular weight excluding hydrogens is 278 g/mol. The number of allylic oxidation sites excluding steroid dienone is 2. The molecule has 1 aromatic carbocycles. The zero-order valence-corrected chi connectivity index (χ0v) is 12.6. The topological polar surface area (TPSA) is 75.0 Å². The van der Waals surface area contributed by atoms with Crippen LogP contribution in [0.3, 0.4) is 0 Å². The molecule has 0 saturated heterocycles. The summed E-state index contributed by atoms with van der Waals surface area (Å²) in [6.45, 7) is 2.82. The van der Waals surface area contributed by atoms with Gasteiger partial charge in [-0.15, -0.1) is 0 Å². The van der Waals surface area contributed by atoms with Crippen LogP contribution in [0.25, 0.3) is 0 Å². The van der Waals surface area contributed by atoms with E-state index in [1.54, 1.807) is 30.3 Å². The van der Waals surface area contributed by atoms with Gasteiger partial charge in [0.25, 0.3) is 0 Å². The molecule has 0 saturated carbocycles. The molecule has 4 heteroatoms. The first-order chi connectivity index (χ1) is 10.5. The van der Waals surface area contributed by atoms with E-state index in [1.807, 2.05) is 6.07 Å². The van der Waals surface area contributed by atoms with Gasteiger partial charge in [0.1, 0.15) is 17.9 Å². The number of carbonyl (C=O) groups is 3. The largest absolute Gasteiger partial charge is 0.299 e. The molecule has 1 atom stereocenters. The number of rotatable bonds is 4. The van der Waals surface area contributed by atoms with Gasteiger partial charge in [0.2, 0.25) is 0 Å². The van der Waals surface area contributed by atoms with Gasteiger partial charge in [-0.25, -0.2) is 0 Å². The Balaban J connectivity index is 2.66.